The Morgan fingerprint density at radius 3 is 2.83 bits per heavy atom. The first kappa shape index (κ1) is 16.5. The lowest BCUT2D eigenvalue weighted by atomic mass is 10.1. The van der Waals surface area contributed by atoms with Gasteiger partial charge in [-0.1, -0.05) is 12.1 Å². The average molecular weight is 330 g/mol. The molecule has 0 radical (unpaired) electrons. The van der Waals surface area contributed by atoms with E-state index in [0.29, 0.717) is 13.2 Å². The van der Waals surface area contributed by atoms with Gasteiger partial charge in [-0.25, -0.2) is 4.98 Å². The van der Waals surface area contributed by atoms with Gasteiger partial charge in [-0.05, 0) is 17.7 Å². The number of morpholine rings is 1. The molecule has 24 heavy (non-hydrogen) atoms. The van der Waals surface area contributed by atoms with Crippen LogP contribution in [0.2, 0.25) is 0 Å². The minimum Gasteiger partial charge on any atom is -0.497 e. The fourth-order valence-electron chi connectivity index (χ4n) is 2.72. The van der Waals surface area contributed by atoms with Crippen molar-refractivity contribution in [2.45, 2.75) is 12.1 Å². The molecule has 2 N–H and O–H groups in total. The Balaban J connectivity index is 1.84. The number of hydrogen-bond donors (Lipinski definition) is 2. The molecule has 3 rings (SSSR count). The zero-order valence-electron chi connectivity index (χ0n) is 13.9. The van der Waals surface area contributed by atoms with Gasteiger partial charge in [0.05, 0.1) is 13.7 Å². The summed E-state index contributed by atoms with van der Waals surface area (Å²) in [6.07, 6.45) is 3.09. The van der Waals surface area contributed by atoms with Crippen LogP contribution in [0.4, 0.5) is 0 Å². The maximum Gasteiger partial charge on any atom is 0.251 e. The number of carbonyl (C=O) groups is 1. The van der Waals surface area contributed by atoms with E-state index in [1.54, 1.807) is 13.3 Å². The van der Waals surface area contributed by atoms with Crippen molar-refractivity contribution in [3.05, 3.63) is 48.0 Å². The molecule has 1 aliphatic rings. The third-order valence-corrected chi connectivity index (χ3v) is 4.07. The van der Waals surface area contributed by atoms with E-state index in [4.69, 9.17) is 9.47 Å². The lowest BCUT2D eigenvalue weighted by Gasteiger charge is -2.26. The zero-order valence-corrected chi connectivity index (χ0v) is 13.9. The van der Waals surface area contributed by atoms with E-state index in [9.17, 15) is 4.79 Å². The number of aryl methyl sites for hydroxylation is 1. The fourth-order valence-corrected chi connectivity index (χ4v) is 2.72. The third kappa shape index (κ3) is 3.58. The SMILES string of the molecule is COc1ccc(C(NC(=O)C2CNCCO2)c2nccn2C)cc1. The van der Waals surface area contributed by atoms with Crippen LogP contribution in [0.3, 0.4) is 0 Å². The molecule has 7 heteroatoms. The van der Waals surface area contributed by atoms with E-state index in [-0.39, 0.29) is 11.9 Å². The molecule has 1 saturated heterocycles. The summed E-state index contributed by atoms with van der Waals surface area (Å²) >= 11 is 0. The minimum atomic E-state index is -0.486. The van der Waals surface area contributed by atoms with Gasteiger partial charge in [-0.3, -0.25) is 4.79 Å². The third-order valence-electron chi connectivity index (χ3n) is 4.07. The molecule has 2 atom stereocenters. The van der Waals surface area contributed by atoms with Gasteiger partial charge in [0, 0.05) is 32.5 Å². The molecule has 2 aromatic rings. The molecule has 7 nitrogen and oxygen atoms in total. The molecule has 128 valence electrons. The van der Waals surface area contributed by atoms with Crippen LogP contribution in [0.1, 0.15) is 17.4 Å². The zero-order chi connectivity index (χ0) is 16.9. The highest BCUT2D eigenvalue weighted by Crippen LogP contribution is 2.23. The maximum absolute atomic E-state index is 12.6. The number of hydrogen-bond acceptors (Lipinski definition) is 5. The largest absolute Gasteiger partial charge is 0.497 e. The number of benzene rings is 1. The van der Waals surface area contributed by atoms with Crippen LogP contribution in [0.5, 0.6) is 5.75 Å². The molecule has 0 aliphatic carbocycles. The van der Waals surface area contributed by atoms with E-state index < -0.39 is 6.10 Å². The van der Waals surface area contributed by atoms with E-state index in [0.717, 1.165) is 23.7 Å². The van der Waals surface area contributed by atoms with Crippen LogP contribution >= 0.6 is 0 Å². The van der Waals surface area contributed by atoms with Crippen molar-refractivity contribution in [2.24, 2.45) is 7.05 Å². The summed E-state index contributed by atoms with van der Waals surface area (Å²) in [4.78, 5) is 17.0. The first-order chi connectivity index (χ1) is 11.7. The van der Waals surface area contributed by atoms with Crippen LogP contribution in [0.25, 0.3) is 0 Å². The van der Waals surface area contributed by atoms with Gasteiger partial charge in [0.15, 0.2) is 0 Å². The summed E-state index contributed by atoms with van der Waals surface area (Å²) in [6, 6.07) is 7.25. The lowest BCUT2D eigenvalue weighted by molar-refractivity contribution is -0.134. The van der Waals surface area contributed by atoms with Crippen molar-refractivity contribution in [3.63, 3.8) is 0 Å². The number of rotatable bonds is 5. The maximum atomic E-state index is 12.6. The van der Waals surface area contributed by atoms with E-state index in [1.807, 2.05) is 42.1 Å². The highest BCUT2D eigenvalue weighted by atomic mass is 16.5. The molecule has 0 bridgehead atoms. The summed E-state index contributed by atoms with van der Waals surface area (Å²) in [5.74, 6) is 1.38. The lowest BCUT2D eigenvalue weighted by Crippen LogP contribution is -2.49. The molecule has 2 unspecified atom stereocenters. The number of imidazole rings is 1. The quantitative estimate of drug-likeness (QED) is 0.840. The number of aromatic nitrogens is 2. The Kier molecular flexibility index (Phi) is 5.12. The Labute approximate surface area is 141 Å². The topological polar surface area (TPSA) is 77.4 Å². The predicted molar refractivity (Wildman–Crippen MR) is 88.8 cm³/mol. The van der Waals surface area contributed by atoms with Gasteiger partial charge in [-0.2, -0.15) is 0 Å². The normalized spacial score (nSPS) is 18.8. The van der Waals surface area contributed by atoms with Crippen LogP contribution in [-0.2, 0) is 16.6 Å². The van der Waals surface area contributed by atoms with Crippen molar-refractivity contribution in [3.8, 4) is 5.75 Å². The molecule has 1 aromatic heterocycles. The van der Waals surface area contributed by atoms with Gasteiger partial charge < -0.3 is 24.7 Å². The molecule has 1 amide bonds. The van der Waals surface area contributed by atoms with Gasteiger partial charge in [0.1, 0.15) is 23.7 Å². The monoisotopic (exact) mass is 330 g/mol. The van der Waals surface area contributed by atoms with Gasteiger partial charge in [0.2, 0.25) is 0 Å². The first-order valence-corrected chi connectivity index (χ1v) is 7.93. The minimum absolute atomic E-state index is 0.147. The number of ether oxygens (including phenoxy) is 2. The van der Waals surface area contributed by atoms with E-state index >= 15 is 0 Å². The molecule has 0 spiro atoms. The predicted octanol–water partition coefficient (Wildman–Crippen LogP) is 0.623. The number of nitrogens with one attached hydrogen (secondary N) is 2. The van der Waals surface area contributed by atoms with Crippen LogP contribution in [0.15, 0.2) is 36.7 Å². The fraction of sp³-hybridized carbons (Fsp3) is 0.412. The summed E-state index contributed by atoms with van der Waals surface area (Å²) in [7, 11) is 3.53. The Morgan fingerprint density at radius 1 is 1.46 bits per heavy atom. The second-order valence-electron chi connectivity index (χ2n) is 5.67. The molecule has 1 aromatic carbocycles. The van der Waals surface area contributed by atoms with Crippen LogP contribution < -0.4 is 15.4 Å². The smallest absolute Gasteiger partial charge is 0.251 e. The van der Waals surface area contributed by atoms with E-state index in [2.05, 4.69) is 15.6 Å². The molecule has 0 saturated carbocycles. The number of methoxy groups -OCH3 is 1. The Bertz CT molecular complexity index is 677. The van der Waals surface area contributed by atoms with Gasteiger partial charge >= 0.3 is 0 Å². The standard InChI is InChI=1S/C17H22N4O3/c1-21-9-7-19-16(21)15(12-3-5-13(23-2)6-4-12)20-17(22)14-11-18-8-10-24-14/h3-7,9,14-15,18H,8,10-11H2,1-2H3,(H,20,22). The molecular formula is C17H22N4O3. The summed E-state index contributed by atoms with van der Waals surface area (Å²) in [6.45, 7) is 1.82. The van der Waals surface area contributed by atoms with Gasteiger partial charge in [-0.15, -0.1) is 0 Å². The molecule has 2 heterocycles. The molecule has 1 fully saturated rings. The van der Waals surface area contributed by atoms with Crippen molar-refractivity contribution in [2.75, 3.05) is 26.8 Å². The van der Waals surface area contributed by atoms with Crippen molar-refractivity contribution < 1.29 is 14.3 Å². The van der Waals surface area contributed by atoms with Crippen LogP contribution in [0, 0.1) is 0 Å². The number of carbonyl (C=O) groups excluding carboxylic acids is 1. The average Bonchev–Trinajstić information content (AvgIpc) is 3.06. The summed E-state index contributed by atoms with van der Waals surface area (Å²) < 4.78 is 12.6. The van der Waals surface area contributed by atoms with Gasteiger partial charge in [0.25, 0.3) is 5.91 Å². The van der Waals surface area contributed by atoms with Crippen molar-refractivity contribution in [1.29, 1.82) is 0 Å². The highest BCUT2D eigenvalue weighted by Gasteiger charge is 2.27. The van der Waals surface area contributed by atoms with Crippen molar-refractivity contribution in [1.82, 2.24) is 20.2 Å². The molecule has 1 aliphatic heterocycles. The second-order valence-corrected chi connectivity index (χ2v) is 5.67. The second kappa shape index (κ2) is 7.46. The van der Waals surface area contributed by atoms with E-state index in [1.165, 1.54) is 0 Å². The Morgan fingerprint density at radius 2 is 2.25 bits per heavy atom. The van der Waals surface area contributed by atoms with Crippen molar-refractivity contribution >= 4 is 5.91 Å². The van der Waals surface area contributed by atoms with Crippen LogP contribution in [-0.4, -0.2) is 48.4 Å². The summed E-state index contributed by atoms with van der Waals surface area (Å²) in [5.41, 5.74) is 0.933. The highest BCUT2D eigenvalue weighted by molar-refractivity contribution is 5.82. The number of nitrogens with zero attached hydrogens (tertiary/aromatic N) is 2. The first-order valence-electron chi connectivity index (χ1n) is 7.93. The number of amides is 1. The summed E-state index contributed by atoms with van der Waals surface area (Å²) in [5, 5.41) is 6.22. The molecular weight excluding hydrogens is 308 g/mol. The Hall–Kier alpha value is -2.38.